The van der Waals surface area contributed by atoms with Crippen LogP contribution in [0.5, 0.6) is 0 Å². The Morgan fingerprint density at radius 2 is 2.00 bits per heavy atom. The topological polar surface area (TPSA) is 104 Å². The van der Waals surface area contributed by atoms with Crippen molar-refractivity contribution in [1.82, 2.24) is 0 Å². The molecule has 2 N–H and O–H groups in total. The minimum atomic E-state index is -0.591. The van der Waals surface area contributed by atoms with Gasteiger partial charge in [0.1, 0.15) is 23.3 Å². The average Bonchev–Trinajstić information content (AvgIpc) is 2.57. The first kappa shape index (κ1) is 16.2. The van der Waals surface area contributed by atoms with Crippen molar-refractivity contribution >= 4 is 23.1 Å². The van der Waals surface area contributed by atoms with Crippen molar-refractivity contribution in [1.29, 1.82) is 10.5 Å². The van der Waals surface area contributed by atoms with Crippen molar-refractivity contribution in [3.05, 3.63) is 57.0 Å². The summed E-state index contributed by atoms with van der Waals surface area (Å²) in [6, 6.07) is 8.66. The van der Waals surface area contributed by atoms with Crippen molar-refractivity contribution < 1.29 is 4.42 Å². The molecule has 2 rings (SSSR count). The van der Waals surface area contributed by atoms with Gasteiger partial charge in [0.25, 0.3) is 0 Å². The van der Waals surface area contributed by atoms with Crippen molar-refractivity contribution in [2.45, 2.75) is 19.9 Å². The van der Waals surface area contributed by atoms with Gasteiger partial charge in [-0.1, -0.05) is 19.1 Å². The van der Waals surface area contributed by atoms with Gasteiger partial charge < -0.3 is 10.2 Å². The Kier molecular flexibility index (Phi) is 5.09. The van der Waals surface area contributed by atoms with Gasteiger partial charge in [0, 0.05) is 11.9 Å². The van der Waals surface area contributed by atoms with Crippen molar-refractivity contribution in [2.24, 2.45) is 5.73 Å². The van der Waals surface area contributed by atoms with E-state index in [0.29, 0.717) is 17.5 Å². The molecule has 2 aromatic rings. The zero-order chi connectivity index (χ0) is 16.8. The van der Waals surface area contributed by atoms with Crippen LogP contribution in [0.3, 0.4) is 0 Å². The third kappa shape index (κ3) is 3.55. The fraction of sp³-hybridized carbons (Fsp3) is 0.167. The standard InChI is InChI=1S/C18H15N3O2/c1-2-3-4-13-8-17-14(7-16(13)11-21)6-15(18(22)23-17)5-12(9-19)10-20/h3-8H,2,11,21H2,1H3/b4-3-. The van der Waals surface area contributed by atoms with Crippen LogP contribution in [0.4, 0.5) is 0 Å². The van der Waals surface area contributed by atoms with Crippen LogP contribution in [-0.2, 0) is 6.54 Å². The molecule has 1 aromatic heterocycles. The molecule has 1 aromatic carbocycles. The Balaban J connectivity index is 2.68. The van der Waals surface area contributed by atoms with Gasteiger partial charge >= 0.3 is 5.63 Å². The summed E-state index contributed by atoms with van der Waals surface area (Å²) in [5.41, 5.74) is 7.47. The zero-order valence-electron chi connectivity index (χ0n) is 12.7. The number of rotatable bonds is 4. The lowest BCUT2D eigenvalue weighted by molar-refractivity contribution is 0.559. The van der Waals surface area contributed by atoms with E-state index in [-0.39, 0.29) is 11.1 Å². The van der Waals surface area contributed by atoms with Crippen molar-refractivity contribution in [3.63, 3.8) is 0 Å². The summed E-state index contributed by atoms with van der Waals surface area (Å²) < 4.78 is 5.31. The molecule has 0 bridgehead atoms. The van der Waals surface area contributed by atoms with E-state index in [4.69, 9.17) is 20.7 Å². The Bertz CT molecular complexity index is 922. The summed E-state index contributed by atoms with van der Waals surface area (Å²) in [4.78, 5) is 12.0. The molecule has 0 radical (unpaired) electrons. The smallest absolute Gasteiger partial charge is 0.343 e. The summed E-state index contributed by atoms with van der Waals surface area (Å²) in [5, 5.41) is 18.3. The minimum absolute atomic E-state index is 0.154. The molecule has 0 amide bonds. The summed E-state index contributed by atoms with van der Waals surface area (Å²) in [7, 11) is 0. The van der Waals surface area contributed by atoms with E-state index in [1.165, 1.54) is 6.08 Å². The summed E-state index contributed by atoms with van der Waals surface area (Å²) in [6.07, 6.45) is 6.06. The molecule has 0 aliphatic heterocycles. The second-order valence-corrected chi connectivity index (χ2v) is 4.87. The van der Waals surface area contributed by atoms with Gasteiger partial charge in [-0.05, 0) is 41.8 Å². The van der Waals surface area contributed by atoms with Gasteiger partial charge in [-0.2, -0.15) is 10.5 Å². The predicted octanol–water partition coefficient (Wildman–Crippen LogP) is 3.11. The first-order chi connectivity index (χ1) is 11.1. The Morgan fingerprint density at radius 1 is 1.26 bits per heavy atom. The molecule has 1 heterocycles. The second-order valence-electron chi connectivity index (χ2n) is 4.87. The monoisotopic (exact) mass is 305 g/mol. The highest BCUT2D eigenvalue weighted by atomic mass is 16.4. The number of hydrogen-bond donors (Lipinski definition) is 1. The number of allylic oxidation sites excluding steroid dienone is 2. The number of fused-ring (bicyclic) bond motifs is 1. The van der Waals surface area contributed by atoms with Crippen LogP contribution >= 0.6 is 0 Å². The van der Waals surface area contributed by atoms with Crippen LogP contribution < -0.4 is 11.4 Å². The molecule has 0 fully saturated rings. The summed E-state index contributed by atoms with van der Waals surface area (Å²) in [6.45, 7) is 2.38. The van der Waals surface area contributed by atoms with Crippen LogP contribution in [0, 0.1) is 22.7 Å². The molecular formula is C18H15N3O2. The Labute approximate surface area is 133 Å². The molecule has 0 spiro atoms. The highest BCUT2D eigenvalue weighted by Crippen LogP contribution is 2.22. The van der Waals surface area contributed by atoms with Crippen LogP contribution in [0.15, 0.2) is 39.1 Å². The lowest BCUT2D eigenvalue weighted by Crippen LogP contribution is -2.05. The summed E-state index contributed by atoms with van der Waals surface area (Å²) in [5.74, 6) is 0. The van der Waals surface area contributed by atoms with Crippen LogP contribution in [0.2, 0.25) is 0 Å². The first-order valence-electron chi connectivity index (χ1n) is 7.12. The Morgan fingerprint density at radius 3 is 2.61 bits per heavy atom. The third-order valence-electron chi connectivity index (χ3n) is 3.31. The molecule has 0 atom stereocenters. The van der Waals surface area contributed by atoms with Gasteiger partial charge in [0.15, 0.2) is 0 Å². The molecule has 0 unspecified atom stereocenters. The van der Waals surface area contributed by atoms with Crippen LogP contribution in [-0.4, -0.2) is 0 Å². The maximum Gasteiger partial charge on any atom is 0.343 e. The van der Waals surface area contributed by atoms with Crippen molar-refractivity contribution in [2.75, 3.05) is 0 Å². The lowest BCUT2D eigenvalue weighted by Gasteiger charge is -2.06. The molecule has 5 heteroatoms. The third-order valence-corrected chi connectivity index (χ3v) is 3.31. The molecule has 0 aliphatic carbocycles. The van der Waals surface area contributed by atoms with E-state index < -0.39 is 5.63 Å². The average molecular weight is 305 g/mol. The van der Waals surface area contributed by atoms with Gasteiger partial charge in [-0.3, -0.25) is 0 Å². The number of benzene rings is 1. The van der Waals surface area contributed by atoms with Crippen LogP contribution in [0.1, 0.15) is 30.0 Å². The van der Waals surface area contributed by atoms with E-state index in [9.17, 15) is 4.79 Å². The van der Waals surface area contributed by atoms with E-state index in [0.717, 1.165) is 17.5 Å². The highest BCUT2D eigenvalue weighted by molar-refractivity contribution is 5.83. The van der Waals surface area contributed by atoms with Gasteiger partial charge in [-0.15, -0.1) is 0 Å². The van der Waals surface area contributed by atoms with E-state index in [1.807, 2.05) is 25.1 Å². The SMILES string of the molecule is CC/C=C\c1cc2oc(=O)c(C=C(C#N)C#N)cc2cc1CN. The maximum absolute atomic E-state index is 12.0. The lowest BCUT2D eigenvalue weighted by atomic mass is 10.0. The summed E-state index contributed by atoms with van der Waals surface area (Å²) >= 11 is 0. The van der Waals surface area contributed by atoms with Gasteiger partial charge in [0.2, 0.25) is 0 Å². The second kappa shape index (κ2) is 7.22. The number of nitrogens with zero attached hydrogens (tertiary/aromatic N) is 2. The predicted molar refractivity (Wildman–Crippen MR) is 88.9 cm³/mol. The van der Waals surface area contributed by atoms with Crippen LogP contribution in [0.25, 0.3) is 23.1 Å². The highest BCUT2D eigenvalue weighted by Gasteiger charge is 2.08. The quantitative estimate of drug-likeness (QED) is 0.690. The van der Waals surface area contributed by atoms with Gasteiger partial charge in [0.05, 0.1) is 5.56 Å². The molecule has 23 heavy (non-hydrogen) atoms. The molecule has 0 saturated heterocycles. The molecule has 114 valence electrons. The number of nitrogens with two attached hydrogens (primary N) is 1. The molecule has 5 nitrogen and oxygen atoms in total. The fourth-order valence-electron chi connectivity index (χ4n) is 2.17. The van der Waals surface area contributed by atoms with Crippen molar-refractivity contribution in [3.8, 4) is 12.1 Å². The number of nitriles is 2. The first-order valence-corrected chi connectivity index (χ1v) is 7.12. The Hall–Kier alpha value is -3.15. The largest absolute Gasteiger partial charge is 0.422 e. The van der Waals surface area contributed by atoms with E-state index in [1.54, 1.807) is 24.3 Å². The normalized spacial score (nSPS) is 10.4. The van der Waals surface area contributed by atoms with E-state index >= 15 is 0 Å². The molecule has 0 aliphatic rings. The fourth-order valence-corrected chi connectivity index (χ4v) is 2.17. The maximum atomic E-state index is 12.0. The molecule has 0 saturated carbocycles. The van der Waals surface area contributed by atoms with Gasteiger partial charge in [-0.25, -0.2) is 4.79 Å². The number of hydrogen-bond acceptors (Lipinski definition) is 5. The van der Waals surface area contributed by atoms with E-state index in [2.05, 4.69) is 0 Å². The zero-order valence-corrected chi connectivity index (χ0v) is 12.7. The minimum Gasteiger partial charge on any atom is -0.422 e. The molecular weight excluding hydrogens is 290 g/mol.